The number of rotatable bonds is 3. The summed E-state index contributed by atoms with van der Waals surface area (Å²) in [6.45, 7) is 0.907. The number of ether oxygens (including phenoxy) is 1. The summed E-state index contributed by atoms with van der Waals surface area (Å²) in [7, 11) is 3.16. The second-order valence-corrected chi connectivity index (χ2v) is 5.10. The molecule has 0 atom stereocenters. The van der Waals surface area contributed by atoms with Crippen LogP contribution in [0.15, 0.2) is 24.3 Å². The number of aromatic nitrogens is 2. The number of carboxylic acid groups (broad SMARTS) is 1. The Morgan fingerprint density at radius 3 is 2.73 bits per heavy atom. The number of nitrogens with zero attached hydrogens (tertiary/aromatic N) is 3. The first-order valence-electron chi connectivity index (χ1n) is 6.72. The number of aryl methyl sites for hydroxylation is 1. The Kier molecular flexibility index (Phi) is 3.32. The van der Waals surface area contributed by atoms with Gasteiger partial charge in [0.05, 0.1) is 13.7 Å². The summed E-state index contributed by atoms with van der Waals surface area (Å²) in [5.41, 5.74) is 2.14. The van der Waals surface area contributed by atoms with Gasteiger partial charge in [0.1, 0.15) is 11.4 Å². The summed E-state index contributed by atoms with van der Waals surface area (Å²) in [6.07, 6.45) is 0. The number of aromatic carboxylic acids is 1. The summed E-state index contributed by atoms with van der Waals surface area (Å²) < 4.78 is 6.61. The van der Waals surface area contributed by atoms with Crippen LogP contribution in [0, 0.1) is 0 Å². The highest BCUT2D eigenvalue weighted by Gasteiger charge is 2.29. The van der Waals surface area contributed by atoms with Crippen molar-refractivity contribution >= 4 is 11.9 Å². The molecule has 0 unspecified atom stereocenters. The van der Waals surface area contributed by atoms with Crippen molar-refractivity contribution in [2.75, 3.05) is 7.11 Å². The Hall–Kier alpha value is -2.83. The summed E-state index contributed by atoms with van der Waals surface area (Å²) in [5.74, 6) is -0.647. The lowest BCUT2D eigenvalue weighted by atomic mass is 10.1. The maximum atomic E-state index is 12.6. The largest absolute Gasteiger partial charge is 0.496 e. The highest BCUT2D eigenvalue weighted by Crippen LogP contribution is 2.31. The lowest BCUT2D eigenvalue weighted by Crippen LogP contribution is -2.27. The first kappa shape index (κ1) is 14.1. The van der Waals surface area contributed by atoms with Crippen LogP contribution in [0.3, 0.4) is 0 Å². The van der Waals surface area contributed by atoms with Crippen LogP contribution in [0.1, 0.15) is 32.1 Å². The molecule has 0 aliphatic carbocycles. The molecule has 2 aromatic rings. The Morgan fingerprint density at radius 1 is 1.32 bits per heavy atom. The quantitative estimate of drug-likeness (QED) is 0.923. The first-order valence-corrected chi connectivity index (χ1v) is 6.72. The van der Waals surface area contributed by atoms with E-state index in [4.69, 9.17) is 9.84 Å². The lowest BCUT2D eigenvalue weighted by Gasteiger charge is -2.15. The fraction of sp³-hybridized carbons (Fsp3) is 0.267. The second-order valence-electron chi connectivity index (χ2n) is 5.10. The zero-order chi connectivity index (χ0) is 15.9. The van der Waals surface area contributed by atoms with E-state index >= 15 is 0 Å². The third-order valence-electron chi connectivity index (χ3n) is 3.77. The van der Waals surface area contributed by atoms with Gasteiger partial charge in [0.15, 0.2) is 5.69 Å². The van der Waals surface area contributed by atoms with Gasteiger partial charge in [-0.25, -0.2) is 4.79 Å². The van der Waals surface area contributed by atoms with Gasteiger partial charge in [0.25, 0.3) is 5.91 Å². The lowest BCUT2D eigenvalue weighted by molar-refractivity contribution is 0.0688. The molecule has 0 bridgehead atoms. The molecule has 0 radical (unpaired) electrons. The van der Waals surface area contributed by atoms with Crippen molar-refractivity contribution in [1.29, 1.82) is 0 Å². The van der Waals surface area contributed by atoms with Crippen LogP contribution in [-0.2, 0) is 20.1 Å². The van der Waals surface area contributed by atoms with Gasteiger partial charge in [-0.1, -0.05) is 12.1 Å². The predicted octanol–water partition coefficient (Wildman–Crippen LogP) is 1.28. The minimum absolute atomic E-state index is 0.139. The molecule has 0 spiro atoms. The molecule has 0 fully saturated rings. The SMILES string of the molecule is COc1cccc2c1CN(C(=O)c1cc(C(=O)O)nn1C)C2. The van der Waals surface area contributed by atoms with Gasteiger partial charge in [0.2, 0.25) is 0 Å². The van der Waals surface area contributed by atoms with Crippen molar-refractivity contribution in [3.63, 3.8) is 0 Å². The summed E-state index contributed by atoms with van der Waals surface area (Å²) in [5, 5.41) is 12.8. The van der Waals surface area contributed by atoms with E-state index in [9.17, 15) is 9.59 Å². The van der Waals surface area contributed by atoms with Crippen molar-refractivity contribution in [2.24, 2.45) is 7.05 Å². The highest BCUT2D eigenvalue weighted by atomic mass is 16.5. The smallest absolute Gasteiger partial charge is 0.356 e. The monoisotopic (exact) mass is 301 g/mol. The van der Waals surface area contributed by atoms with Crippen molar-refractivity contribution in [2.45, 2.75) is 13.1 Å². The van der Waals surface area contributed by atoms with E-state index in [1.54, 1.807) is 19.1 Å². The molecule has 1 aliphatic rings. The average molecular weight is 301 g/mol. The van der Waals surface area contributed by atoms with Crippen LogP contribution in [0.25, 0.3) is 0 Å². The van der Waals surface area contributed by atoms with E-state index in [2.05, 4.69) is 5.10 Å². The highest BCUT2D eigenvalue weighted by molar-refractivity contribution is 5.96. The van der Waals surface area contributed by atoms with Gasteiger partial charge < -0.3 is 14.7 Å². The maximum absolute atomic E-state index is 12.6. The third-order valence-corrected chi connectivity index (χ3v) is 3.77. The minimum Gasteiger partial charge on any atom is -0.496 e. The molecule has 0 saturated carbocycles. The normalized spacial score (nSPS) is 13.1. The molecule has 7 heteroatoms. The van der Waals surface area contributed by atoms with Crippen LogP contribution in [0.2, 0.25) is 0 Å². The Balaban J connectivity index is 1.88. The molecule has 7 nitrogen and oxygen atoms in total. The van der Waals surface area contributed by atoms with Gasteiger partial charge in [-0.3, -0.25) is 9.48 Å². The first-order chi connectivity index (χ1) is 10.5. The number of hydrogen-bond acceptors (Lipinski definition) is 4. The number of fused-ring (bicyclic) bond motifs is 1. The fourth-order valence-electron chi connectivity index (χ4n) is 2.66. The topological polar surface area (TPSA) is 84.7 Å². The Bertz CT molecular complexity index is 766. The van der Waals surface area contributed by atoms with E-state index in [0.29, 0.717) is 13.1 Å². The average Bonchev–Trinajstić information content (AvgIpc) is 3.09. The van der Waals surface area contributed by atoms with Crippen LogP contribution in [0.4, 0.5) is 0 Å². The minimum atomic E-state index is -1.15. The molecular weight excluding hydrogens is 286 g/mol. The number of benzene rings is 1. The van der Waals surface area contributed by atoms with Gasteiger partial charge in [-0.15, -0.1) is 0 Å². The predicted molar refractivity (Wildman–Crippen MR) is 76.7 cm³/mol. The summed E-state index contributed by atoms with van der Waals surface area (Å²) >= 11 is 0. The molecular formula is C15H15N3O4. The molecule has 0 saturated heterocycles. The van der Waals surface area contributed by atoms with Crippen molar-refractivity contribution in [3.8, 4) is 5.75 Å². The maximum Gasteiger partial charge on any atom is 0.356 e. The number of hydrogen-bond donors (Lipinski definition) is 1. The molecule has 2 heterocycles. The van der Waals surface area contributed by atoms with Crippen LogP contribution in [-0.4, -0.2) is 38.8 Å². The van der Waals surface area contributed by atoms with Gasteiger partial charge in [-0.05, 0) is 11.6 Å². The Labute approximate surface area is 126 Å². The number of carboxylic acids is 1. The molecule has 1 aromatic carbocycles. The molecule has 1 amide bonds. The van der Waals surface area contributed by atoms with Crippen molar-refractivity contribution < 1.29 is 19.4 Å². The van der Waals surface area contributed by atoms with Gasteiger partial charge in [0, 0.05) is 25.2 Å². The third kappa shape index (κ3) is 2.20. The van der Waals surface area contributed by atoms with Crippen LogP contribution < -0.4 is 4.74 Å². The molecule has 1 aromatic heterocycles. The molecule has 1 N–H and O–H groups in total. The standard InChI is InChI=1S/C15H15N3O4/c1-17-12(6-11(16-17)15(20)21)14(19)18-7-9-4-3-5-13(22-2)10(9)8-18/h3-6H,7-8H2,1-2H3,(H,20,21). The van der Waals surface area contributed by atoms with E-state index in [1.165, 1.54) is 10.7 Å². The molecule has 22 heavy (non-hydrogen) atoms. The van der Waals surface area contributed by atoms with E-state index in [0.717, 1.165) is 16.9 Å². The molecule has 114 valence electrons. The number of amides is 1. The molecule has 3 rings (SSSR count). The van der Waals surface area contributed by atoms with E-state index < -0.39 is 5.97 Å². The number of carbonyl (C=O) groups excluding carboxylic acids is 1. The van der Waals surface area contributed by atoms with Gasteiger partial charge >= 0.3 is 5.97 Å². The second kappa shape index (κ2) is 5.18. The number of methoxy groups -OCH3 is 1. The summed E-state index contributed by atoms with van der Waals surface area (Å²) in [6, 6.07) is 7.00. The van der Waals surface area contributed by atoms with E-state index in [-0.39, 0.29) is 17.3 Å². The summed E-state index contributed by atoms with van der Waals surface area (Å²) in [4.78, 5) is 25.2. The van der Waals surface area contributed by atoms with E-state index in [1.807, 2.05) is 18.2 Å². The zero-order valence-corrected chi connectivity index (χ0v) is 12.2. The van der Waals surface area contributed by atoms with Crippen molar-refractivity contribution in [3.05, 3.63) is 46.8 Å². The Morgan fingerprint density at radius 2 is 2.09 bits per heavy atom. The fourth-order valence-corrected chi connectivity index (χ4v) is 2.66. The van der Waals surface area contributed by atoms with Crippen molar-refractivity contribution in [1.82, 2.24) is 14.7 Å². The molecule has 1 aliphatic heterocycles. The van der Waals surface area contributed by atoms with Crippen LogP contribution >= 0.6 is 0 Å². The van der Waals surface area contributed by atoms with Gasteiger partial charge in [-0.2, -0.15) is 5.10 Å². The van der Waals surface area contributed by atoms with Crippen LogP contribution in [0.5, 0.6) is 5.75 Å². The zero-order valence-electron chi connectivity index (χ0n) is 12.2. The number of carbonyl (C=O) groups is 2.